The number of aromatic amines is 1. The highest BCUT2D eigenvalue weighted by molar-refractivity contribution is 8.14. The van der Waals surface area contributed by atoms with E-state index in [4.69, 9.17) is 10.7 Å². The monoisotopic (exact) mass is 287 g/mol. The maximum atomic E-state index is 11.4. The second kappa shape index (κ2) is 4.62. The van der Waals surface area contributed by atoms with Crippen LogP contribution in [0.5, 0.6) is 0 Å². The Morgan fingerprint density at radius 2 is 2.17 bits per heavy atom. The van der Waals surface area contributed by atoms with Crippen LogP contribution in [0.2, 0.25) is 0 Å². The lowest BCUT2D eigenvalue weighted by atomic mass is 10.1. The van der Waals surface area contributed by atoms with Crippen molar-refractivity contribution in [3.63, 3.8) is 0 Å². The predicted molar refractivity (Wildman–Crippen MR) is 67.1 cm³/mol. The molecule has 0 aliphatic carbocycles. The molecule has 0 atom stereocenters. The van der Waals surface area contributed by atoms with Gasteiger partial charge >= 0.3 is 5.97 Å². The van der Waals surface area contributed by atoms with Gasteiger partial charge in [0.15, 0.2) is 0 Å². The number of nitrogens with one attached hydrogen (secondary N) is 1. The van der Waals surface area contributed by atoms with Crippen molar-refractivity contribution in [1.82, 2.24) is 4.98 Å². The van der Waals surface area contributed by atoms with Gasteiger partial charge in [-0.15, -0.1) is 0 Å². The molecule has 7 heteroatoms. The van der Waals surface area contributed by atoms with E-state index in [1.165, 1.54) is 13.3 Å². The molecule has 96 valence electrons. The van der Waals surface area contributed by atoms with Gasteiger partial charge in [0.05, 0.1) is 13.5 Å². The SMILES string of the molecule is COC(=O)Cc1ccc2[nH]cc(S(=O)(=O)Cl)c2c1. The number of hydrogen-bond acceptors (Lipinski definition) is 4. The topological polar surface area (TPSA) is 76.2 Å². The van der Waals surface area contributed by atoms with Crippen LogP contribution in [-0.4, -0.2) is 26.5 Å². The molecule has 0 spiro atoms. The summed E-state index contributed by atoms with van der Waals surface area (Å²) < 4.78 is 27.3. The number of H-pyrrole nitrogens is 1. The summed E-state index contributed by atoms with van der Waals surface area (Å²) in [5.74, 6) is -0.389. The number of methoxy groups -OCH3 is 1. The Bertz CT molecular complexity index is 705. The number of benzene rings is 1. The van der Waals surface area contributed by atoms with Crippen LogP contribution in [0.4, 0.5) is 0 Å². The van der Waals surface area contributed by atoms with Gasteiger partial charge in [0.1, 0.15) is 4.90 Å². The summed E-state index contributed by atoms with van der Waals surface area (Å²) in [6.45, 7) is 0. The summed E-state index contributed by atoms with van der Waals surface area (Å²) in [5.41, 5.74) is 1.30. The van der Waals surface area contributed by atoms with Crippen LogP contribution in [0.15, 0.2) is 29.3 Å². The first-order valence-corrected chi connectivity index (χ1v) is 7.34. The predicted octanol–water partition coefficient (Wildman–Crippen LogP) is 1.81. The van der Waals surface area contributed by atoms with E-state index in [9.17, 15) is 13.2 Å². The van der Waals surface area contributed by atoms with Crippen molar-refractivity contribution in [2.75, 3.05) is 7.11 Å². The third kappa shape index (κ3) is 2.49. The molecule has 0 bridgehead atoms. The van der Waals surface area contributed by atoms with Gasteiger partial charge in [0.25, 0.3) is 9.05 Å². The minimum absolute atomic E-state index is 0.00545. The van der Waals surface area contributed by atoms with Gasteiger partial charge in [0, 0.05) is 27.8 Å². The van der Waals surface area contributed by atoms with Crippen molar-refractivity contribution in [3.8, 4) is 0 Å². The third-order valence-electron chi connectivity index (χ3n) is 2.55. The Morgan fingerprint density at radius 3 is 2.78 bits per heavy atom. The highest BCUT2D eigenvalue weighted by Gasteiger charge is 2.16. The average Bonchev–Trinajstić information content (AvgIpc) is 2.71. The van der Waals surface area contributed by atoms with Gasteiger partial charge in [-0.3, -0.25) is 4.79 Å². The molecule has 0 fully saturated rings. The summed E-state index contributed by atoms with van der Waals surface area (Å²) in [5, 5.41) is 0.464. The van der Waals surface area contributed by atoms with Crippen molar-refractivity contribution in [2.24, 2.45) is 0 Å². The molecule has 5 nitrogen and oxygen atoms in total. The Labute approximate surface area is 108 Å². The van der Waals surface area contributed by atoms with Crippen molar-refractivity contribution < 1.29 is 17.9 Å². The molecule has 2 aromatic rings. The summed E-state index contributed by atoms with van der Waals surface area (Å²) in [6, 6.07) is 5.03. The largest absolute Gasteiger partial charge is 0.469 e. The molecule has 1 N–H and O–H groups in total. The molecule has 2 rings (SSSR count). The van der Waals surface area contributed by atoms with Crippen LogP contribution in [-0.2, 0) is 25.0 Å². The molecular formula is C11H10ClNO4S. The summed E-state index contributed by atoms with van der Waals surface area (Å²) in [6.07, 6.45) is 1.41. The molecule has 0 unspecified atom stereocenters. The molecule has 1 heterocycles. The molecule has 1 aromatic carbocycles. The normalized spacial score (nSPS) is 11.7. The first-order valence-electron chi connectivity index (χ1n) is 5.03. The molecular weight excluding hydrogens is 278 g/mol. The number of esters is 1. The molecule has 0 amide bonds. The van der Waals surface area contributed by atoms with E-state index in [1.54, 1.807) is 18.2 Å². The van der Waals surface area contributed by atoms with Gasteiger partial charge in [-0.25, -0.2) is 8.42 Å². The fraction of sp³-hybridized carbons (Fsp3) is 0.182. The lowest BCUT2D eigenvalue weighted by Gasteiger charge is -2.01. The van der Waals surface area contributed by atoms with E-state index in [0.717, 1.165) is 0 Å². The number of carbonyl (C=O) groups excluding carboxylic acids is 1. The zero-order chi connectivity index (χ0) is 13.3. The van der Waals surface area contributed by atoms with Crippen LogP contribution in [0.25, 0.3) is 10.9 Å². The summed E-state index contributed by atoms with van der Waals surface area (Å²) in [4.78, 5) is 14.0. The smallest absolute Gasteiger partial charge is 0.309 e. The van der Waals surface area contributed by atoms with E-state index in [2.05, 4.69) is 9.72 Å². The van der Waals surface area contributed by atoms with Crippen molar-refractivity contribution >= 4 is 36.6 Å². The van der Waals surface area contributed by atoms with Crippen molar-refractivity contribution in [1.29, 1.82) is 0 Å². The van der Waals surface area contributed by atoms with Crippen LogP contribution in [0.3, 0.4) is 0 Å². The Kier molecular flexibility index (Phi) is 3.32. The maximum absolute atomic E-state index is 11.4. The van der Waals surface area contributed by atoms with Crippen LogP contribution >= 0.6 is 10.7 Å². The standard InChI is InChI=1S/C11H10ClNO4S/c1-17-11(14)5-7-2-3-9-8(4-7)10(6-13-9)18(12,15)16/h2-4,6,13H,5H2,1H3. The number of hydrogen-bond donors (Lipinski definition) is 1. The average molecular weight is 288 g/mol. The fourth-order valence-corrected chi connectivity index (χ4v) is 2.71. The first kappa shape index (κ1) is 12.9. The summed E-state index contributed by atoms with van der Waals surface area (Å²) in [7, 11) is 2.81. The number of aromatic nitrogens is 1. The number of fused-ring (bicyclic) bond motifs is 1. The lowest BCUT2D eigenvalue weighted by molar-refractivity contribution is -0.139. The maximum Gasteiger partial charge on any atom is 0.309 e. The van der Waals surface area contributed by atoms with Crippen molar-refractivity contribution in [3.05, 3.63) is 30.0 Å². The van der Waals surface area contributed by atoms with E-state index >= 15 is 0 Å². The molecule has 0 saturated carbocycles. The fourth-order valence-electron chi connectivity index (χ4n) is 1.69. The van der Waals surface area contributed by atoms with E-state index < -0.39 is 9.05 Å². The highest BCUT2D eigenvalue weighted by Crippen LogP contribution is 2.26. The Hall–Kier alpha value is -1.53. The molecule has 0 saturated heterocycles. The van der Waals surface area contributed by atoms with Gasteiger partial charge in [-0.05, 0) is 17.7 Å². The molecule has 0 aliphatic rings. The van der Waals surface area contributed by atoms with E-state index in [0.29, 0.717) is 16.5 Å². The van der Waals surface area contributed by atoms with Crippen LogP contribution in [0, 0.1) is 0 Å². The van der Waals surface area contributed by atoms with E-state index in [1.807, 2.05) is 0 Å². The molecule has 0 radical (unpaired) electrons. The highest BCUT2D eigenvalue weighted by atomic mass is 35.7. The van der Waals surface area contributed by atoms with Gasteiger partial charge in [-0.1, -0.05) is 6.07 Å². The van der Waals surface area contributed by atoms with Gasteiger partial charge in [0.2, 0.25) is 0 Å². The molecule has 0 aliphatic heterocycles. The molecule has 1 aromatic heterocycles. The minimum atomic E-state index is -3.81. The van der Waals surface area contributed by atoms with Gasteiger partial charge < -0.3 is 9.72 Å². The van der Waals surface area contributed by atoms with Crippen molar-refractivity contribution in [2.45, 2.75) is 11.3 Å². The zero-order valence-corrected chi connectivity index (χ0v) is 11.0. The number of carbonyl (C=O) groups is 1. The Morgan fingerprint density at radius 1 is 1.44 bits per heavy atom. The first-order chi connectivity index (χ1) is 8.41. The number of halogens is 1. The second-order valence-corrected chi connectivity index (χ2v) is 6.26. The number of ether oxygens (including phenoxy) is 1. The lowest BCUT2D eigenvalue weighted by Crippen LogP contribution is -2.04. The Balaban J connectivity index is 2.52. The van der Waals surface area contributed by atoms with E-state index in [-0.39, 0.29) is 17.3 Å². The second-order valence-electron chi connectivity index (χ2n) is 3.72. The quantitative estimate of drug-likeness (QED) is 0.690. The number of rotatable bonds is 3. The minimum Gasteiger partial charge on any atom is -0.469 e. The third-order valence-corrected chi connectivity index (χ3v) is 3.91. The summed E-state index contributed by atoms with van der Waals surface area (Å²) >= 11 is 0. The van der Waals surface area contributed by atoms with Gasteiger partial charge in [-0.2, -0.15) is 0 Å². The zero-order valence-electron chi connectivity index (χ0n) is 9.44. The van der Waals surface area contributed by atoms with Crippen LogP contribution in [0.1, 0.15) is 5.56 Å². The van der Waals surface area contributed by atoms with Crippen LogP contribution < -0.4 is 0 Å². The molecule has 18 heavy (non-hydrogen) atoms.